The molecule has 0 heterocycles. The topological polar surface area (TPSA) is 32.3 Å². The number of unbranched alkanes of at least 4 members (excludes halogenated alkanes) is 2. The Kier molecular flexibility index (Phi) is 9.49. The van der Waals surface area contributed by atoms with Crippen molar-refractivity contribution in [2.24, 2.45) is 5.92 Å². The second-order valence-corrected chi connectivity index (χ2v) is 8.19. The van der Waals surface area contributed by atoms with E-state index >= 15 is 0 Å². The van der Waals surface area contributed by atoms with E-state index < -0.39 is 0 Å². The van der Waals surface area contributed by atoms with Crippen molar-refractivity contribution < 1.29 is 4.79 Å². The molecule has 0 aliphatic heterocycles. The van der Waals surface area contributed by atoms with Crippen molar-refractivity contribution in [2.45, 2.75) is 53.4 Å². The number of carbonyl (C=O) groups excluding carboxylic acids is 1. The predicted octanol–water partition coefficient (Wildman–Crippen LogP) is 7.15. The monoisotopic (exact) mass is 392 g/mol. The van der Waals surface area contributed by atoms with Gasteiger partial charge in [-0.25, -0.2) is 4.79 Å². The van der Waals surface area contributed by atoms with Crippen LogP contribution < -0.4 is 5.32 Å². The first-order valence-electron chi connectivity index (χ1n) is 10.9. The fourth-order valence-corrected chi connectivity index (χ4v) is 3.40. The molecule has 2 rings (SSSR count). The summed E-state index contributed by atoms with van der Waals surface area (Å²) in [6.45, 7) is 9.96. The molecule has 2 amide bonds. The molecule has 2 aromatic carbocycles. The summed E-state index contributed by atoms with van der Waals surface area (Å²) < 4.78 is 0. The van der Waals surface area contributed by atoms with E-state index in [0.717, 1.165) is 30.6 Å². The van der Waals surface area contributed by atoms with Gasteiger partial charge in [-0.1, -0.05) is 93.8 Å². The molecule has 0 saturated carbocycles. The molecule has 3 heteroatoms. The zero-order chi connectivity index (χ0) is 21.1. The van der Waals surface area contributed by atoms with Crippen LogP contribution in [0, 0.1) is 12.8 Å². The van der Waals surface area contributed by atoms with E-state index in [2.05, 4.69) is 56.4 Å². The van der Waals surface area contributed by atoms with Crippen LogP contribution in [0.3, 0.4) is 0 Å². The summed E-state index contributed by atoms with van der Waals surface area (Å²) in [5.74, 6) is 0.409. The Morgan fingerprint density at radius 3 is 2.38 bits per heavy atom. The standard InChI is InChI=1S/C26H36N2O/c1-5-6-8-16-24(18-23-14-9-7-10-15-23)20-28(19-21(2)3)26(29)27-25-17-12-11-13-22(25)4/h7,9-15,17-18,21H,5-6,8,16,19-20H2,1-4H3,(H,27,29). The highest BCUT2D eigenvalue weighted by atomic mass is 16.2. The van der Waals surface area contributed by atoms with E-state index in [4.69, 9.17) is 0 Å². The molecule has 156 valence electrons. The summed E-state index contributed by atoms with van der Waals surface area (Å²) in [7, 11) is 0. The molecule has 29 heavy (non-hydrogen) atoms. The van der Waals surface area contributed by atoms with Crippen LogP contribution in [-0.2, 0) is 0 Å². The number of aryl methyl sites for hydroxylation is 1. The normalized spacial score (nSPS) is 11.6. The molecule has 0 unspecified atom stereocenters. The van der Waals surface area contributed by atoms with Crippen LogP contribution in [0.4, 0.5) is 10.5 Å². The third-order valence-corrected chi connectivity index (χ3v) is 4.93. The van der Waals surface area contributed by atoms with Gasteiger partial charge in [-0.15, -0.1) is 0 Å². The predicted molar refractivity (Wildman–Crippen MR) is 125 cm³/mol. The summed E-state index contributed by atoms with van der Waals surface area (Å²) in [6, 6.07) is 18.3. The number of amides is 2. The van der Waals surface area contributed by atoms with Crippen LogP contribution in [0.15, 0.2) is 60.2 Å². The first-order valence-corrected chi connectivity index (χ1v) is 10.9. The van der Waals surface area contributed by atoms with Crippen LogP contribution in [0.25, 0.3) is 6.08 Å². The van der Waals surface area contributed by atoms with Gasteiger partial charge in [0.15, 0.2) is 0 Å². The summed E-state index contributed by atoms with van der Waals surface area (Å²) in [4.78, 5) is 15.1. The molecule has 0 aliphatic rings. The van der Waals surface area contributed by atoms with Crippen LogP contribution in [-0.4, -0.2) is 24.0 Å². The van der Waals surface area contributed by atoms with Gasteiger partial charge < -0.3 is 10.2 Å². The maximum Gasteiger partial charge on any atom is 0.322 e. The Balaban J connectivity index is 2.19. The highest BCUT2D eigenvalue weighted by Gasteiger charge is 2.17. The Morgan fingerprint density at radius 1 is 1.03 bits per heavy atom. The molecule has 1 N–H and O–H groups in total. The van der Waals surface area contributed by atoms with E-state index in [9.17, 15) is 4.79 Å². The molecule has 2 aromatic rings. The second kappa shape index (κ2) is 12.1. The Hall–Kier alpha value is -2.55. The lowest BCUT2D eigenvalue weighted by Gasteiger charge is -2.27. The molecule has 0 aromatic heterocycles. The third kappa shape index (κ3) is 8.15. The minimum Gasteiger partial charge on any atom is -0.320 e. The zero-order valence-electron chi connectivity index (χ0n) is 18.4. The molecule has 0 fully saturated rings. The van der Waals surface area contributed by atoms with E-state index in [0.29, 0.717) is 12.5 Å². The maximum absolute atomic E-state index is 13.1. The lowest BCUT2D eigenvalue weighted by atomic mass is 10.0. The average Bonchev–Trinajstić information content (AvgIpc) is 2.69. The molecule has 0 atom stereocenters. The van der Waals surface area contributed by atoms with E-state index in [1.165, 1.54) is 24.0 Å². The van der Waals surface area contributed by atoms with Gasteiger partial charge in [0.25, 0.3) is 0 Å². The van der Waals surface area contributed by atoms with Crippen molar-refractivity contribution in [3.05, 3.63) is 71.3 Å². The number of anilines is 1. The maximum atomic E-state index is 13.1. The van der Waals surface area contributed by atoms with Crippen LogP contribution >= 0.6 is 0 Å². The van der Waals surface area contributed by atoms with Gasteiger partial charge in [-0.3, -0.25) is 0 Å². The minimum atomic E-state index is -0.0255. The van der Waals surface area contributed by atoms with E-state index in [1.807, 2.05) is 42.2 Å². The fraction of sp³-hybridized carbons (Fsp3) is 0.423. The number of hydrogen-bond acceptors (Lipinski definition) is 1. The summed E-state index contributed by atoms with van der Waals surface area (Å²) in [6.07, 6.45) is 6.84. The molecule has 0 spiro atoms. The molecular formula is C26H36N2O. The molecule has 0 saturated heterocycles. The van der Waals surface area contributed by atoms with Gasteiger partial charge in [0.1, 0.15) is 0 Å². The van der Waals surface area contributed by atoms with Gasteiger partial charge in [0.2, 0.25) is 0 Å². The first-order chi connectivity index (χ1) is 14.0. The van der Waals surface area contributed by atoms with Crippen molar-refractivity contribution in [1.82, 2.24) is 4.90 Å². The van der Waals surface area contributed by atoms with Gasteiger partial charge in [0.05, 0.1) is 0 Å². The number of carbonyl (C=O) groups is 1. The van der Waals surface area contributed by atoms with Crippen molar-refractivity contribution in [1.29, 1.82) is 0 Å². The molecule has 3 nitrogen and oxygen atoms in total. The average molecular weight is 393 g/mol. The first kappa shape index (κ1) is 22.7. The number of hydrogen-bond donors (Lipinski definition) is 1. The van der Waals surface area contributed by atoms with Crippen LogP contribution in [0.5, 0.6) is 0 Å². The van der Waals surface area contributed by atoms with Crippen LogP contribution in [0.1, 0.15) is 57.6 Å². The number of nitrogens with one attached hydrogen (secondary N) is 1. The summed E-state index contributed by atoms with van der Waals surface area (Å²) >= 11 is 0. The lowest BCUT2D eigenvalue weighted by molar-refractivity contribution is 0.209. The Labute approximate surface area is 176 Å². The number of rotatable bonds is 10. The SMILES string of the molecule is CCCCCC(=Cc1ccccc1)CN(CC(C)C)C(=O)Nc1ccccc1C. The summed E-state index contributed by atoms with van der Waals surface area (Å²) in [5, 5.41) is 3.11. The number of nitrogens with zero attached hydrogens (tertiary/aromatic N) is 1. The third-order valence-electron chi connectivity index (χ3n) is 4.93. The molecular weight excluding hydrogens is 356 g/mol. The fourth-order valence-electron chi connectivity index (χ4n) is 3.40. The molecule has 0 bridgehead atoms. The minimum absolute atomic E-state index is 0.0255. The van der Waals surface area contributed by atoms with Gasteiger partial charge in [0, 0.05) is 18.8 Å². The van der Waals surface area contributed by atoms with Gasteiger partial charge in [-0.2, -0.15) is 0 Å². The molecule has 0 radical (unpaired) electrons. The van der Waals surface area contributed by atoms with Crippen molar-refractivity contribution in [3.63, 3.8) is 0 Å². The smallest absolute Gasteiger partial charge is 0.320 e. The van der Waals surface area contributed by atoms with Crippen molar-refractivity contribution in [2.75, 3.05) is 18.4 Å². The zero-order valence-corrected chi connectivity index (χ0v) is 18.4. The van der Waals surface area contributed by atoms with Gasteiger partial charge in [-0.05, 0) is 42.9 Å². The highest BCUT2D eigenvalue weighted by Crippen LogP contribution is 2.19. The van der Waals surface area contributed by atoms with Crippen LogP contribution in [0.2, 0.25) is 0 Å². The number of benzene rings is 2. The van der Waals surface area contributed by atoms with E-state index in [-0.39, 0.29) is 6.03 Å². The second-order valence-electron chi connectivity index (χ2n) is 8.19. The lowest BCUT2D eigenvalue weighted by Crippen LogP contribution is -2.39. The highest BCUT2D eigenvalue weighted by molar-refractivity contribution is 5.90. The number of urea groups is 1. The summed E-state index contributed by atoms with van der Waals surface area (Å²) in [5.41, 5.74) is 4.47. The number of para-hydroxylation sites is 1. The van der Waals surface area contributed by atoms with Gasteiger partial charge >= 0.3 is 6.03 Å². The quantitative estimate of drug-likeness (QED) is 0.428. The molecule has 0 aliphatic carbocycles. The Bertz CT molecular complexity index is 780. The largest absolute Gasteiger partial charge is 0.322 e. The Morgan fingerprint density at radius 2 is 1.72 bits per heavy atom. The van der Waals surface area contributed by atoms with Crippen molar-refractivity contribution in [3.8, 4) is 0 Å². The van der Waals surface area contributed by atoms with Crippen molar-refractivity contribution >= 4 is 17.8 Å². The van der Waals surface area contributed by atoms with E-state index in [1.54, 1.807) is 0 Å².